The Kier molecular flexibility index (Phi) is 7.35. The van der Waals surface area contributed by atoms with Gasteiger partial charge in [-0.3, -0.25) is 4.90 Å². The van der Waals surface area contributed by atoms with Crippen LogP contribution >= 0.6 is 0 Å². The van der Waals surface area contributed by atoms with E-state index in [1.807, 2.05) is 12.4 Å². The maximum absolute atomic E-state index is 6.09. The van der Waals surface area contributed by atoms with Crippen molar-refractivity contribution < 1.29 is 4.74 Å². The fourth-order valence-electron chi connectivity index (χ4n) is 3.89. The first-order valence-electron chi connectivity index (χ1n) is 11.1. The monoisotopic (exact) mass is 402 g/mol. The molecular weight excluding hydrogens is 364 g/mol. The minimum atomic E-state index is 0.282. The molecule has 0 amide bonds. The predicted octanol–water partition coefficient (Wildman–Crippen LogP) is 3.39. The zero-order chi connectivity index (χ0) is 20.9. The van der Waals surface area contributed by atoms with E-state index < -0.39 is 0 Å². The van der Waals surface area contributed by atoms with E-state index in [0.29, 0.717) is 18.3 Å². The van der Waals surface area contributed by atoms with Crippen LogP contribution in [0.3, 0.4) is 0 Å². The molecule has 7 heteroatoms. The Hall–Kier alpha value is -1.86. The highest BCUT2D eigenvalue weighted by Gasteiger charge is 2.25. The minimum Gasteiger partial charge on any atom is -0.478 e. The van der Waals surface area contributed by atoms with Crippen molar-refractivity contribution >= 4 is 16.9 Å². The Morgan fingerprint density at radius 3 is 2.48 bits per heavy atom. The number of anilines is 1. The number of unbranched alkanes of at least 4 members (excludes halogenated alkanes) is 2. The Morgan fingerprint density at radius 1 is 1.07 bits per heavy atom. The van der Waals surface area contributed by atoms with E-state index in [4.69, 9.17) is 10.5 Å². The SMILES string of the molecule is CCCCOc1cc2c(ncn2CCCCN2CCN(C(C)(C)C)CC2)c(N)n1. The molecule has 0 saturated carbocycles. The molecule has 1 aliphatic rings. The number of fused-ring (bicyclic) bond motifs is 1. The van der Waals surface area contributed by atoms with Gasteiger partial charge in [0.25, 0.3) is 0 Å². The largest absolute Gasteiger partial charge is 0.478 e. The Balaban J connectivity index is 1.48. The molecule has 0 aliphatic carbocycles. The Morgan fingerprint density at radius 2 is 1.79 bits per heavy atom. The van der Waals surface area contributed by atoms with Crippen molar-refractivity contribution in [3.05, 3.63) is 12.4 Å². The molecule has 2 aromatic rings. The van der Waals surface area contributed by atoms with Crippen LogP contribution in [0.2, 0.25) is 0 Å². The number of imidazole rings is 1. The van der Waals surface area contributed by atoms with E-state index in [1.165, 1.54) is 39.1 Å². The number of nitrogens with zero attached hydrogens (tertiary/aromatic N) is 5. The number of nitrogen functional groups attached to an aromatic ring is 1. The van der Waals surface area contributed by atoms with Crippen molar-refractivity contribution in [2.45, 2.75) is 65.5 Å². The van der Waals surface area contributed by atoms with Gasteiger partial charge in [0.1, 0.15) is 5.52 Å². The first-order chi connectivity index (χ1) is 13.9. The lowest BCUT2D eigenvalue weighted by Crippen LogP contribution is -2.53. The van der Waals surface area contributed by atoms with Gasteiger partial charge in [-0.05, 0) is 46.6 Å². The van der Waals surface area contributed by atoms with Gasteiger partial charge >= 0.3 is 0 Å². The van der Waals surface area contributed by atoms with E-state index >= 15 is 0 Å². The van der Waals surface area contributed by atoms with Gasteiger partial charge in [0.15, 0.2) is 5.82 Å². The lowest BCUT2D eigenvalue weighted by molar-refractivity contribution is 0.0615. The number of rotatable bonds is 9. The summed E-state index contributed by atoms with van der Waals surface area (Å²) in [5, 5.41) is 0. The highest BCUT2D eigenvalue weighted by molar-refractivity contribution is 5.85. The molecule has 0 bridgehead atoms. The summed E-state index contributed by atoms with van der Waals surface area (Å²) >= 11 is 0. The summed E-state index contributed by atoms with van der Waals surface area (Å²) in [4.78, 5) is 14.0. The zero-order valence-corrected chi connectivity index (χ0v) is 18.7. The van der Waals surface area contributed by atoms with E-state index in [9.17, 15) is 0 Å². The maximum Gasteiger partial charge on any atom is 0.217 e. The number of hydrogen-bond donors (Lipinski definition) is 1. The molecule has 7 nitrogen and oxygen atoms in total. The minimum absolute atomic E-state index is 0.282. The molecule has 0 unspecified atom stereocenters. The molecule has 0 aromatic carbocycles. The molecule has 0 spiro atoms. The quantitative estimate of drug-likeness (QED) is 0.648. The number of ether oxygens (including phenoxy) is 1. The number of pyridine rings is 1. The lowest BCUT2D eigenvalue weighted by Gasteiger charge is -2.42. The van der Waals surface area contributed by atoms with Crippen LogP contribution in [-0.4, -0.2) is 69.2 Å². The van der Waals surface area contributed by atoms with Gasteiger partial charge in [0, 0.05) is 44.3 Å². The van der Waals surface area contributed by atoms with Crippen LogP contribution in [0.25, 0.3) is 11.0 Å². The van der Waals surface area contributed by atoms with E-state index in [-0.39, 0.29) is 5.54 Å². The topological polar surface area (TPSA) is 72.4 Å². The first kappa shape index (κ1) is 21.8. The van der Waals surface area contributed by atoms with Crippen molar-refractivity contribution in [1.82, 2.24) is 24.3 Å². The van der Waals surface area contributed by atoms with Crippen LogP contribution in [0.1, 0.15) is 53.4 Å². The Labute approximate surface area is 175 Å². The molecule has 2 N–H and O–H groups in total. The summed E-state index contributed by atoms with van der Waals surface area (Å²) in [5.41, 5.74) is 8.16. The van der Waals surface area contributed by atoms with Crippen LogP contribution < -0.4 is 10.5 Å². The van der Waals surface area contributed by atoms with Gasteiger partial charge in [-0.1, -0.05) is 13.3 Å². The maximum atomic E-state index is 6.09. The fraction of sp³-hybridized carbons (Fsp3) is 0.727. The van der Waals surface area contributed by atoms with E-state index in [2.05, 4.69) is 52.0 Å². The average molecular weight is 403 g/mol. The summed E-state index contributed by atoms with van der Waals surface area (Å²) in [6.45, 7) is 16.5. The third-order valence-electron chi connectivity index (χ3n) is 5.80. The summed E-state index contributed by atoms with van der Waals surface area (Å²) < 4.78 is 7.93. The van der Waals surface area contributed by atoms with Gasteiger partial charge in [0.05, 0.1) is 18.5 Å². The van der Waals surface area contributed by atoms with Crippen molar-refractivity contribution in [3.8, 4) is 5.88 Å². The zero-order valence-electron chi connectivity index (χ0n) is 18.7. The highest BCUT2D eigenvalue weighted by Crippen LogP contribution is 2.23. The van der Waals surface area contributed by atoms with Gasteiger partial charge < -0.3 is 19.9 Å². The molecule has 1 saturated heterocycles. The van der Waals surface area contributed by atoms with Crippen molar-refractivity contribution in [1.29, 1.82) is 0 Å². The van der Waals surface area contributed by atoms with E-state index in [1.54, 1.807) is 0 Å². The number of aryl methyl sites for hydroxylation is 1. The fourth-order valence-corrected chi connectivity index (χ4v) is 3.89. The smallest absolute Gasteiger partial charge is 0.217 e. The third-order valence-corrected chi connectivity index (χ3v) is 5.80. The molecule has 0 atom stereocenters. The molecule has 3 heterocycles. The second-order valence-corrected chi connectivity index (χ2v) is 9.06. The molecule has 29 heavy (non-hydrogen) atoms. The highest BCUT2D eigenvalue weighted by atomic mass is 16.5. The summed E-state index contributed by atoms with van der Waals surface area (Å²) in [6, 6.07) is 1.97. The summed E-state index contributed by atoms with van der Waals surface area (Å²) in [7, 11) is 0. The summed E-state index contributed by atoms with van der Waals surface area (Å²) in [5.74, 6) is 1.05. The van der Waals surface area contributed by atoms with Gasteiger partial charge in [-0.2, -0.15) is 4.98 Å². The number of hydrogen-bond acceptors (Lipinski definition) is 6. The van der Waals surface area contributed by atoms with Crippen LogP contribution in [0.15, 0.2) is 12.4 Å². The molecule has 0 radical (unpaired) electrons. The lowest BCUT2D eigenvalue weighted by atomic mass is 10.0. The van der Waals surface area contributed by atoms with Crippen molar-refractivity contribution in [3.63, 3.8) is 0 Å². The second kappa shape index (κ2) is 9.76. The molecule has 3 rings (SSSR count). The molecule has 2 aromatic heterocycles. The number of nitrogens with two attached hydrogens (primary N) is 1. The van der Waals surface area contributed by atoms with Gasteiger partial charge in [-0.15, -0.1) is 0 Å². The molecule has 1 aliphatic heterocycles. The van der Waals surface area contributed by atoms with Gasteiger partial charge in [-0.25, -0.2) is 4.98 Å². The third kappa shape index (κ3) is 5.82. The van der Waals surface area contributed by atoms with Crippen LogP contribution in [0.4, 0.5) is 5.82 Å². The predicted molar refractivity (Wildman–Crippen MR) is 119 cm³/mol. The molecular formula is C22H38N6O. The van der Waals surface area contributed by atoms with Crippen LogP contribution in [-0.2, 0) is 6.54 Å². The normalized spacial score (nSPS) is 16.6. The first-order valence-corrected chi connectivity index (χ1v) is 11.1. The molecule has 1 fully saturated rings. The van der Waals surface area contributed by atoms with Crippen molar-refractivity contribution in [2.24, 2.45) is 0 Å². The van der Waals surface area contributed by atoms with Gasteiger partial charge in [0.2, 0.25) is 5.88 Å². The van der Waals surface area contributed by atoms with Crippen molar-refractivity contribution in [2.75, 3.05) is 45.1 Å². The van der Waals surface area contributed by atoms with Crippen LogP contribution in [0, 0.1) is 0 Å². The van der Waals surface area contributed by atoms with E-state index in [0.717, 1.165) is 36.8 Å². The molecule has 162 valence electrons. The Bertz CT molecular complexity index is 773. The van der Waals surface area contributed by atoms with Crippen LogP contribution in [0.5, 0.6) is 5.88 Å². The number of aromatic nitrogens is 3. The second-order valence-electron chi connectivity index (χ2n) is 9.06. The summed E-state index contributed by atoms with van der Waals surface area (Å²) in [6.07, 6.45) is 6.30. The standard InChI is InChI=1S/C22H38N6O/c1-5-6-15-29-19-16-18-20(21(23)25-19)24-17-27(18)10-8-7-9-26-11-13-28(14-12-26)22(2,3)4/h16-17H,5-15H2,1-4H3,(H2,23,25). The number of piperazine rings is 1. The average Bonchev–Trinajstić information content (AvgIpc) is 3.09.